The lowest BCUT2D eigenvalue weighted by atomic mass is 10.0. The molecule has 26 heavy (non-hydrogen) atoms. The van der Waals surface area contributed by atoms with Gasteiger partial charge < -0.3 is 4.74 Å². The van der Waals surface area contributed by atoms with E-state index in [9.17, 15) is 0 Å². The van der Waals surface area contributed by atoms with Gasteiger partial charge in [0, 0.05) is 17.0 Å². The largest absolute Gasteiger partial charge is 0.457 e. The molecule has 0 bridgehead atoms. The topological polar surface area (TPSA) is 35.2 Å². The van der Waals surface area contributed by atoms with Gasteiger partial charge in [0.2, 0.25) is 5.06 Å². The minimum atomic E-state index is -0.792. The smallest absolute Gasteiger partial charge is 0.212 e. The third kappa shape index (κ3) is 16.5. The summed E-state index contributed by atoms with van der Waals surface area (Å²) in [6.45, 7) is 6.15. The maximum Gasteiger partial charge on any atom is 0.212 e. The third-order valence-electron chi connectivity index (χ3n) is 4.58. The number of thioether (sulfide) groups is 1. The molecule has 1 unspecified atom stereocenters. The van der Waals surface area contributed by atoms with Gasteiger partial charge in [-0.05, 0) is 25.6 Å². The minimum absolute atomic E-state index is 0.626. The van der Waals surface area contributed by atoms with E-state index in [-0.39, 0.29) is 0 Å². The van der Waals surface area contributed by atoms with Crippen molar-refractivity contribution in [1.29, 1.82) is 0 Å². The zero-order chi connectivity index (χ0) is 19.7. The van der Waals surface area contributed by atoms with Crippen LogP contribution in [0.5, 0.6) is 0 Å². The van der Waals surface area contributed by atoms with Crippen LogP contribution < -0.4 is 5.73 Å². The number of hydrogen-bond acceptors (Lipinski definition) is 5. The van der Waals surface area contributed by atoms with Gasteiger partial charge in [0.1, 0.15) is 0 Å². The summed E-state index contributed by atoms with van der Waals surface area (Å²) in [7, 11) is 0. The van der Waals surface area contributed by atoms with Crippen LogP contribution in [-0.2, 0) is 4.74 Å². The zero-order valence-corrected chi connectivity index (χ0v) is 19.8. The first-order valence-electron chi connectivity index (χ1n) is 10.6. The lowest BCUT2D eigenvalue weighted by Crippen LogP contribution is -2.40. The molecule has 0 rings (SSSR count). The van der Waals surface area contributed by atoms with Crippen LogP contribution in [-0.4, -0.2) is 14.3 Å². The Balaban J connectivity index is 3.49. The second-order valence-electron chi connectivity index (χ2n) is 7.23. The zero-order valence-electron chi connectivity index (χ0n) is 17.3. The molecule has 0 aromatic heterocycles. The second kappa shape index (κ2) is 17.4. The van der Waals surface area contributed by atoms with Crippen molar-refractivity contribution in [3.05, 3.63) is 0 Å². The van der Waals surface area contributed by atoms with Gasteiger partial charge in [0.05, 0.1) is 0 Å². The Morgan fingerprint density at radius 3 is 1.62 bits per heavy atom. The predicted molar refractivity (Wildman–Crippen MR) is 127 cm³/mol. The highest BCUT2D eigenvalue weighted by Gasteiger charge is 2.27. The van der Waals surface area contributed by atoms with Crippen molar-refractivity contribution in [3.63, 3.8) is 0 Å². The summed E-state index contributed by atoms with van der Waals surface area (Å²) in [5, 5.41) is -0.166. The Morgan fingerprint density at radius 1 is 0.808 bits per heavy atom. The molecule has 0 aliphatic heterocycles. The number of hydrogen-bond donors (Lipinski definition) is 1. The normalized spacial score (nSPS) is 13.4. The summed E-state index contributed by atoms with van der Waals surface area (Å²) in [4.78, 5) is 0. The van der Waals surface area contributed by atoms with Crippen LogP contribution in [0.1, 0.15) is 117 Å². The Kier molecular flexibility index (Phi) is 17.6. The number of ether oxygens (including phenoxy) is 1. The minimum Gasteiger partial charge on any atom is -0.457 e. The van der Waals surface area contributed by atoms with E-state index >= 15 is 0 Å². The molecule has 2 nitrogen and oxygen atoms in total. The van der Waals surface area contributed by atoms with E-state index in [2.05, 4.69) is 6.92 Å². The SMILES string of the molecule is CCCCCCCCCCCCCCCC(=S)OC(N)(CC)SC(C)=S. The van der Waals surface area contributed by atoms with Crippen LogP contribution >= 0.6 is 36.2 Å². The van der Waals surface area contributed by atoms with Gasteiger partial charge in [-0.1, -0.05) is 115 Å². The molecule has 1 atom stereocenters. The second-order valence-corrected chi connectivity index (χ2v) is 10.1. The van der Waals surface area contributed by atoms with Crippen molar-refractivity contribution in [1.82, 2.24) is 0 Å². The Bertz CT molecular complexity index is 376. The first kappa shape index (κ1) is 26.3. The van der Waals surface area contributed by atoms with Crippen molar-refractivity contribution >= 4 is 45.4 Å². The first-order chi connectivity index (χ1) is 12.4. The molecule has 0 aromatic rings. The molecule has 5 heteroatoms. The number of rotatable bonds is 17. The lowest BCUT2D eigenvalue weighted by molar-refractivity contribution is 0.156. The van der Waals surface area contributed by atoms with Gasteiger partial charge in [0.15, 0.2) is 5.05 Å². The maximum atomic E-state index is 6.21. The van der Waals surface area contributed by atoms with Crippen LogP contribution in [0, 0.1) is 0 Å². The fourth-order valence-electron chi connectivity index (χ4n) is 2.94. The quantitative estimate of drug-likeness (QED) is 0.147. The van der Waals surface area contributed by atoms with Crippen molar-refractivity contribution < 1.29 is 4.74 Å². The monoisotopic (exact) mass is 419 g/mol. The van der Waals surface area contributed by atoms with Crippen molar-refractivity contribution in [2.24, 2.45) is 5.73 Å². The van der Waals surface area contributed by atoms with E-state index in [4.69, 9.17) is 34.9 Å². The molecule has 0 aliphatic rings. The maximum absolute atomic E-state index is 6.21. The van der Waals surface area contributed by atoms with Crippen molar-refractivity contribution in [3.8, 4) is 0 Å². The molecule has 0 saturated heterocycles. The number of unbranched alkanes of at least 4 members (excludes halogenated alkanes) is 12. The first-order valence-corrected chi connectivity index (χ1v) is 12.3. The molecule has 0 saturated carbocycles. The standard InChI is InChI=1S/C21H41NOS3/c1-4-6-7-8-9-10-11-12-13-14-15-16-17-18-20(25)23-21(22,5-2)26-19(3)24/h4-18,22H2,1-3H3. The Labute approximate surface area is 177 Å². The molecule has 0 heterocycles. The van der Waals surface area contributed by atoms with Crippen LogP contribution in [0.25, 0.3) is 0 Å². The van der Waals surface area contributed by atoms with Gasteiger partial charge in [-0.25, -0.2) is 0 Å². The van der Waals surface area contributed by atoms with Crippen LogP contribution in [0.15, 0.2) is 0 Å². The average molecular weight is 420 g/mol. The van der Waals surface area contributed by atoms with Crippen LogP contribution in [0.2, 0.25) is 0 Å². The fourth-order valence-corrected chi connectivity index (χ4v) is 4.48. The van der Waals surface area contributed by atoms with Crippen molar-refractivity contribution in [2.45, 2.75) is 122 Å². The highest BCUT2D eigenvalue weighted by atomic mass is 32.2. The van der Waals surface area contributed by atoms with Crippen LogP contribution in [0.4, 0.5) is 0 Å². The fraction of sp³-hybridized carbons (Fsp3) is 0.905. The highest BCUT2D eigenvalue weighted by molar-refractivity contribution is 8.23. The van der Waals surface area contributed by atoms with E-state index in [0.29, 0.717) is 11.5 Å². The summed E-state index contributed by atoms with van der Waals surface area (Å²) in [5.41, 5.74) is 6.21. The molecule has 0 amide bonds. The summed E-state index contributed by atoms with van der Waals surface area (Å²) < 4.78 is 6.58. The molecule has 0 fully saturated rings. The Hall–Kier alpha value is 0.290. The summed E-state index contributed by atoms with van der Waals surface area (Å²) in [6, 6.07) is 0. The van der Waals surface area contributed by atoms with Gasteiger partial charge in [0.25, 0.3) is 0 Å². The molecule has 154 valence electrons. The van der Waals surface area contributed by atoms with Crippen LogP contribution in [0.3, 0.4) is 0 Å². The van der Waals surface area contributed by atoms with E-state index in [0.717, 1.165) is 17.0 Å². The summed E-state index contributed by atoms with van der Waals surface area (Å²) in [5.74, 6) is 0. The molecule has 2 N–H and O–H groups in total. The molecular formula is C21H41NOS3. The van der Waals surface area contributed by atoms with E-state index in [1.807, 2.05) is 13.8 Å². The van der Waals surface area contributed by atoms with Gasteiger partial charge in [-0.3, -0.25) is 5.73 Å². The van der Waals surface area contributed by atoms with Gasteiger partial charge in [-0.2, -0.15) is 0 Å². The van der Waals surface area contributed by atoms with Crippen molar-refractivity contribution in [2.75, 3.05) is 0 Å². The Morgan fingerprint density at radius 2 is 1.23 bits per heavy atom. The summed E-state index contributed by atoms with van der Waals surface area (Å²) in [6.07, 6.45) is 19.1. The number of nitrogens with two attached hydrogens (primary N) is 1. The average Bonchev–Trinajstić information content (AvgIpc) is 2.58. The van der Waals surface area contributed by atoms with E-state index in [1.165, 1.54) is 88.8 Å². The molecule has 0 aromatic carbocycles. The lowest BCUT2D eigenvalue weighted by Gasteiger charge is -2.28. The number of thiocarbonyl (C=S) groups is 2. The molecular weight excluding hydrogens is 378 g/mol. The highest BCUT2D eigenvalue weighted by Crippen LogP contribution is 2.27. The summed E-state index contributed by atoms with van der Waals surface area (Å²) >= 11 is 11.9. The van der Waals surface area contributed by atoms with Gasteiger partial charge >= 0.3 is 0 Å². The third-order valence-corrected chi connectivity index (χ3v) is 6.12. The van der Waals surface area contributed by atoms with E-state index in [1.54, 1.807) is 0 Å². The predicted octanol–water partition coefficient (Wildman–Crippen LogP) is 7.91. The van der Waals surface area contributed by atoms with Gasteiger partial charge in [-0.15, -0.1) is 0 Å². The molecule has 0 radical (unpaired) electrons. The van der Waals surface area contributed by atoms with E-state index < -0.39 is 5.06 Å². The molecule has 0 aliphatic carbocycles. The molecule has 0 spiro atoms.